The molecule has 0 atom stereocenters. The molecule has 0 aliphatic heterocycles. The van der Waals surface area contributed by atoms with Crippen LogP contribution in [0.15, 0.2) is 0 Å². The van der Waals surface area contributed by atoms with E-state index in [0.29, 0.717) is 0 Å². The molecule has 0 radical (unpaired) electrons. The van der Waals surface area contributed by atoms with E-state index >= 15 is 0 Å². The van der Waals surface area contributed by atoms with Gasteiger partial charge in [0.05, 0.1) is 0 Å². The van der Waals surface area contributed by atoms with Crippen LogP contribution in [0, 0.1) is 0 Å². The predicted octanol–water partition coefficient (Wildman–Crippen LogP) is 5.54. The number of hydrogen-bond acceptors (Lipinski definition) is 0. The minimum atomic E-state index is 0.839. The molecule has 1 heteroatoms. The Labute approximate surface area is 95.4 Å². The highest BCUT2D eigenvalue weighted by molar-refractivity contribution is 6.17. The lowest BCUT2D eigenvalue weighted by Crippen LogP contribution is -1.78. The average molecular weight is 219 g/mol. The van der Waals surface area contributed by atoms with Crippen LogP contribution < -0.4 is 0 Å². The van der Waals surface area contributed by atoms with Crippen molar-refractivity contribution in [2.24, 2.45) is 0 Å². The van der Waals surface area contributed by atoms with E-state index in [0.717, 1.165) is 5.88 Å². The molecule has 14 heavy (non-hydrogen) atoms. The molecule has 0 aromatic carbocycles. The highest BCUT2D eigenvalue weighted by atomic mass is 35.5. The molecule has 0 spiro atoms. The van der Waals surface area contributed by atoms with Gasteiger partial charge in [0, 0.05) is 5.88 Å². The van der Waals surface area contributed by atoms with E-state index in [9.17, 15) is 0 Å². The summed E-state index contributed by atoms with van der Waals surface area (Å²) in [6.45, 7) is 2.24. The number of halogens is 1. The van der Waals surface area contributed by atoms with E-state index < -0.39 is 0 Å². The van der Waals surface area contributed by atoms with Crippen LogP contribution in [0.4, 0.5) is 0 Å². The average Bonchev–Trinajstić information content (AvgIpc) is 2.76. The molecule has 1 fully saturated rings. The van der Waals surface area contributed by atoms with Crippen molar-refractivity contribution in [2.45, 2.75) is 77.6 Å². The molecule has 1 saturated carbocycles. The highest BCUT2D eigenvalue weighted by Crippen LogP contribution is 2.15. The number of unbranched alkanes of at least 4 members (excludes halogenated alkanes) is 5. The maximum absolute atomic E-state index is 5.51. The van der Waals surface area contributed by atoms with Crippen molar-refractivity contribution in [3.05, 3.63) is 0 Å². The Kier molecular flexibility index (Phi) is 13.6. The van der Waals surface area contributed by atoms with Crippen LogP contribution in [0.25, 0.3) is 0 Å². The first-order valence-electron chi connectivity index (χ1n) is 6.47. The summed E-state index contributed by atoms with van der Waals surface area (Å²) in [6.07, 6.45) is 15.5. The molecule has 1 rings (SSSR count). The Balaban J connectivity index is 0.000000280. The first-order valence-corrected chi connectivity index (χ1v) is 7.01. The lowest BCUT2D eigenvalue weighted by molar-refractivity contribution is 0.626. The number of rotatable bonds is 6. The van der Waals surface area contributed by atoms with Crippen molar-refractivity contribution >= 4 is 11.6 Å². The summed E-state index contributed by atoms with van der Waals surface area (Å²) in [6, 6.07) is 0. The fraction of sp³-hybridized carbons (Fsp3) is 1.00. The quantitative estimate of drug-likeness (QED) is 0.406. The van der Waals surface area contributed by atoms with E-state index in [1.165, 1.54) is 70.6 Å². The third-order valence-electron chi connectivity index (χ3n) is 2.74. The lowest BCUT2D eigenvalue weighted by atomic mass is 10.1. The Morgan fingerprint density at radius 1 is 0.714 bits per heavy atom. The zero-order valence-electron chi connectivity index (χ0n) is 9.86. The molecule has 1 aliphatic rings. The molecule has 0 aromatic heterocycles. The van der Waals surface area contributed by atoms with Crippen LogP contribution in [0.3, 0.4) is 0 Å². The summed E-state index contributed by atoms with van der Waals surface area (Å²) in [4.78, 5) is 0. The molecule has 0 heterocycles. The minimum Gasteiger partial charge on any atom is -0.127 e. The number of alkyl halides is 1. The van der Waals surface area contributed by atoms with E-state index in [4.69, 9.17) is 11.6 Å². The Hall–Kier alpha value is 0.290. The molecular weight excluding hydrogens is 192 g/mol. The smallest absolute Gasteiger partial charge is 0.0223 e. The summed E-state index contributed by atoms with van der Waals surface area (Å²) < 4.78 is 0. The molecule has 0 amide bonds. The van der Waals surface area contributed by atoms with Crippen molar-refractivity contribution in [1.29, 1.82) is 0 Å². The SMILES string of the molecule is C1CCCC1.CCCCCCCCCl. The Bertz CT molecular complexity index is 73.6. The molecule has 86 valence electrons. The topological polar surface area (TPSA) is 0 Å². The molecule has 0 N–H and O–H groups in total. The molecule has 0 unspecified atom stereocenters. The van der Waals surface area contributed by atoms with Gasteiger partial charge < -0.3 is 0 Å². The molecule has 0 aromatic rings. The van der Waals surface area contributed by atoms with Gasteiger partial charge in [-0.25, -0.2) is 0 Å². The minimum absolute atomic E-state index is 0.839. The van der Waals surface area contributed by atoms with Crippen LogP contribution in [-0.2, 0) is 0 Å². The van der Waals surface area contributed by atoms with Crippen molar-refractivity contribution in [2.75, 3.05) is 5.88 Å². The van der Waals surface area contributed by atoms with Gasteiger partial charge in [-0.3, -0.25) is 0 Å². The Morgan fingerprint density at radius 3 is 1.57 bits per heavy atom. The van der Waals surface area contributed by atoms with Crippen molar-refractivity contribution in [3.63, 3.8) is 0 Å². The first-order chi connectivity index (χ1) is 6.91. The zero-order chi connectivity index (χ0) is 10.5. The van der Waals surface area contributed by atoms with Gasteiger partial charge in [-0.2, -0.15) is 0 Å². The van der Waals surface area contributed by atoms with E-state index in [-0.39, 0.29) is 0 Å². The standard InChI is InChI=1S/C8H17Cl.C5H10/c1-2-3-4-5-6-7-8-9;1-2-4-5-3-1/h2-8H2,1H3;1-5H2. The first kappa shape index (κ1) is 14.3. The summed E-state index contributed by atoms with van der Waals surface area (Å²) in [5, 5.41) is 0. The molecule has 1 aliphatic carbocycles. The fourth-order valence-corrected chi connectivity index (χ4v) is 1.95. The van der Waals surface area contributed by atoms with Gasteiger partial charge in [-0.15, -0.1) is 11.6 Å². The third-order valence-corrected chi connectivity index (χ3v) is 3.00. The van der Waals surface area contributed by atoms with E-state index in [1.54, 1.807) is 0 Å². The Morgan fingerprint density at radius 2 is 1.14 bits per heavy atom. The van der Waals surface area contributed by atoms with Gasteiger partial charge in [-0.1, -0.05) is 71.1 Å². The highest BCUT2D eigenvalue weighted by Gasteiger charge is 1.95. The van der Waals surface area contributed by atoms with Crippen LogP contribution in [0.2, 0.25) is 0 Å². The lowest BCUT2D eigenvalue weighted by Gasteiger charge is -1.95. The monoisotopic (exact) mass is 218 g/mol. The predicted molar refractivity (Wildman–Crippen MR) is 67.2 cm³/mol. The van der Waals surface area contributed by atoms with Crippen molar-refractivity contribution in [3.8, 4) is 0 Å². The molecule has 0 nitrogen and oxygen atoms in total. The second kappa shape index (κ2) is 13.3. The van der Waals surface area contributed by atoms with Gasteiger partial charge >= 0.3 is 0 Å². The summed E-state index contributed by atoms with van der Waals surface area (Å²) >= 11 is 5.51. The molecular formula is C13H27Cl. The maximum atomic E-state index is 5.51. The van der Waals surface area contributed by atoms with E-state index in [1.807, 2.05) is 0 Å². The maximum Gasteiger partial charge on any atom is 0.0223 e. The van der Waals surface area contributed by atoms with E-state index in [2.05, 4.69) is 6.92 Å². The zero-order valence-corrected chi connectivity index (χ0v) is 10.6. The summed E-state index contributed by atoms with van der Waals surface area (Å²) in [7, 11) is 0. The second-order valence-corrected chi connectivity index (χ2v) is 4.60. The fourth-order valence-electron chi connectivity index (χ4n) is 1.76. The van der Waals surface area contributed by atoms with Gasteiger partial charge in [0.2, 0.25) is 0 Å². The summed E-state index contributed by atoms with van der Waals surface area (Å²) in [5.74, 6) is 0.839. The van der Waals surface area contributed by atoms with Gasteiger partial charge in [-0.05, 0) is 6.42 Å². The van der Waals surface area contributed by atoms with Gasteiger partial charge in [0.15, 0.2) is 0 Å². The van der Waals surface area contributed by atoms with Crippen LogP contribution in [0.1, 0.15) is 77.6 Å². The normalized spacial score (nSPS) is 15.0. The molecule has 0 bridgehead atoms. The molecule has 0 saturated heterocycles. The van der Waals surface area contributed by atoms with Crippen molar-refractivity contribution in [1.82, 2.24) is 0 Å². The van der Waals surface area contributed by atoms with Gasteiger partial charge in [0.25, 0.3) is 0 Å². The van der Waals surface area contributed by atoms with Crippen LogP contribution in [0.5, 0.6) is 0 Å². The van der Waals surface area contributed by atoms with Crippen molar-refractivity contribution < 1.29 is 0 Å². The second-order valence-electron chi connectivity index (χ2n) is 4.22. The largest absolute Gasteiger partial charge is 0.127 e. The van der Waals surface area contributed by atoms with Crippen LogP contribution >= 0.6 is 11.6 Å². The third kappa shape index (κ3) is 12.3. The van der Waals surface area contributed by atoms with Crippen LogP contribution in [-0.4, -0.2) is 5.88 Å². The number of hydrogen-bond donors (Lipinski definition) is 0. The van der Waals surface area contributed by atoms with Gasteiger partial charge in [0.1, 0.15) is 0 Å². The summed E-state index contributed by atoms with van der Waals surface area (Å²) in [5.41, 5.74) is 0.